The highest BCUT2D eigenvalue weighted by Crippen LogP contribution is 2.30. The molecular weight excluding hydrogens is 282 g/mol. The number of ether oxygens (including phenoxy) is 1. The fraction of sp³-hybridized carbons (Fsp3) is 0.692. The van der Waals surface area contributed by atoms with E-state index in [4.69, 9.17) is 9.15 Å². The van der Waals surface area contributed by atoms with Crippen LogP contribution in [0.15, 0.2) is 9.31 Å². The summed E-state index contributed by atoms with van der Waals surface area (Å²) >= 11 is 0. The van der Waals surface area contributed by atoms with Crippen LogP contribution in [0.25, 0.3) is 0 Å². The van der Waals surface area contributed by atoms with Crippen molar-refractivity contribution >= 4 is 10.0 Å². The van der Waals surface area contributed by atoms with Gasteiger partial charge in [0.05, 0.1) is 12.7 Å². The summed E-state index contributed by atoms with van der Waals surface area (Å²) in [6.07, 6.45) is 1.48. The molecule has 0 saturated carbocycles. The van der Waals surface area contributed by atoms with Gasteiger partial charge in [0.2, 0.25) is 10.0 Å². The average molecular weight is 303 g/mol. The van der Waals surface area contributed by atoms with Crippen LogP contribution in [0, 0.1) is 13.8 Å². The first-order valence-corrected chi connectivity index (χ1v) is 8.08. The Labute approximate surface area is 119 Å². The van der Waals surface area contributed by atoms with Crippen LogP contribution in [0.1, 0.15) is 29.9 Å². The van der Waals surface area contributed by atoms with E-state index in [1.54, 1.807) is 21.0 Å². The Hall–Kier alpha value is -0.890. The highest BCUT2D eigenvalue weighted by atomic mass is 32.2. The van der Waals surface area contributed by atoms with Crippen molar-refractivity contribution in [2.45, 2.75) is 44.3 Å². The van der Waals surface area contributed by atoms with Gasteiger partial charge in [0.25, 0.3) is 0 Å². The molecule has 0 atom stereocenters. The lowest BCUT2D eigenvalue weighted by molar-refractivity contribution is 0.0604. The molecule has 114 valence electrons. The summed E-state index contributed by atoms with van der Waals surface area (Å²) < 4.78 is 37.5. The number of piperidine rings is 1. The van der Waals surface area contributed by atoms with Crippen LogP contribution < -0.4 is 0 Å². The number of hydrogen-bond donors (Lipinski definition) is 1. The molecule has 0 spiro atoms. The predicted molar refractivity (Wildman–Crippen MR) is 72.9 cm³/mol. The molecule has 1 aliphatic heterocycles. The van der Waals surface area contributed by atoms with Crippen molar-refractivity contribution in [1.29, 1.82) is 0 Å². The summed E-state index contributed by atoms with van der Waals surface area (Å²) in [5.74, 6) is 0.788. The summed E-state index contributed by atoms with van der Waals surface area (Å²) in [5.41, 5.74) is 0.358. The minimum absolute atomic E-state index is 0.117. The van der Waals surface area contributed by atoms with Crippen molar-refractivity contribution < 1.29 is 22.7 Å². The minimum atomic E-state index is -3.62. The quantitative estimate of drug-likeness (QED) is 0.903. The van der Waals surface area contributed by atoms with E-state index in [-0.39, 0.29) is 17.6 Å². The van der Waals surface area contributed by atoms with E-state index in [0.717, 1.165) is 0 Å². The van der Waals surface area contributed by atoms with Crippen molar-refractivity contribution in [1.82, 2.24) is 4.31 Å². The van der Waals surface area contributed by atoms with Crippen molar-refractivity contribution in [3.05, 3.63) is 17.1 Å². The molecule has 1 aliphatic rings. The Morgan fingerprint density at radius 1 is 1.30 bits per heavy atom. The third-order valence-corrected chi connectivity index (χ3v) is 5.91. The zero-order valence-corrected chi connectivity index (χ0v) is 12.9. The van der Waals surface area contributed by atoms with Gasteiger partial charge in [0.1, 0.15) is 16.4 Å². The van der Waals surface area contributed by atoms with Crippen LogP contribution in [0.4, 0.5) is 0 Å². The third-order valence-electron chi connectivity index (χ3n) is 3.82. The molecule has 0 aromatic carbocycles. The van der Waals surface area contributed by atoms with Crippen LogP contribution in [-0.4, -0.2) is 44.1 Å². The molecule has 1 aromatic heterocycles. The fourth-order valence-electron chi connectivity index (χ4n) is 2.67. The number of aryl methyl sites for hydroxylation is 2. The molecule has 20 heavy (non-hydrogen) atoms. The largest absolute Gasteiger partial charge is 0.465 e. The molecule has 1 N–H and O–H groups in total. The van der Waals surface area contributed by atoms with Gasteiger partial charge >= 0.3 is 0 Å². The van der Waals surface area contributed by atoms with Crippen LogP contribution >= 0.6 is 0 Å². The van der Waals surface area contributed by atoms with E-state index in [2.05, 4.69) is 0 Å². The van der Waals surface area contributed by atoms with E-state index in [1.807, 2.05) is 0 Å². The van der Waals surface area contributed by atoms with Gasteiger partial charge in [-0.15, -0.1) is 0 Å². The number of sulfonamides is 1. The molecule has 0 unspecified atom stereocenters. The maximum atomic E-state index is 12.7. The Morgan fingerprint density at radius 2 is 1.90 bits per heavy atom. The average Bonchev–Trinajstić information content (AvgIpc) is 2.73. The predicted octanol–water partition coefficient (Wildman–Crippen LogP) is 1.19. The monoisotopic (exact) mass is 303 g/mol. The Bertz CT molecular complexity index is 570. The highest BCUT2D eigenvalue weighted by Gasteiger charge is 2.34. The second kappa shape index (κ2) is 5.85. The first kappa shape index (κ1) is 15.5. The lowest BCUT2D eigenvalue weighted by Gasteiger charge is -2.30. The molecular formula is C13H21NO5S. The van der Waals surface area contributed by atoms with Gasteiger partial charge in [-0.25, -0.2) is 8.42 Å². The molecule has 2 heterocycles. The molecule has 0 radical (unpaired) electrons. The maximum Gasteiger partial charge on any atom is 0.246 e. The second-order valence-corrected chi connectivity index (χ2v) is 6.89. The third kappa shape index (κ3) is 2.63. The minimum Gasteiger partial charge on any atom is -0.465 e. The van der Waals surface area contributed by atoms with Crippen molar-refractivity contribution in [2.75, 3.05) is 20.2 Å². The zero-order chi connectivity index (χ0) is 14.9. The second-order valence-electron chi connectivity index (χ2n) is 5.02. The summed E-state index contributed by atoms with van der Waals surface area (Å²) in [6, 6.07) is 0. The van der Waals surface area contributed by atoms with Crippen LogP contribution in [0.3, 0.4) is 0 Å². The number of hydrogen-bond acceptors (Lipinski definition) is 5. The summed E-state index contributed by atoms with van der Waals surface area (Å²) in [6.45, 7) is 3.78. The molecule has 2 rings (SSSR count). The van der Waals surface area contributed by atoms with E-state index < -0.39 is 10.0 Å². The summed E-state index contributed by atoms with van der Waals surface area (Å²) in [5, 5.41) is 9.39. The van der Waals surface area contributed by atoms with E-state index in [1.165, 1.54) is 4.31 Å². The Balaban J connectivity index is 2.32. The number of nitrogens with zero attached hydrogens (tertiary/aromatic N) is 1. The van der Waals surface area contributed by atoms with Gasteiger partial charge < -0.3 is 14.3 Å². The molecule has 1 aromatic rings. The molecule has 6 nitrogen and oxygen atoms in total. The number of methoxy groups -OCH3 is 1. The standard InChI is InChI=1S/C13H21NO5S/c1-9-12(8-15)13(10(2)19-9)20(16,17)14-6-4-11(18-3)5-7-14/h11,15H,4-8H2,1-3H3. The lowest BCUT2D eigenvalue weighted by atomic mass is 10.1. The molecule has 0 aliphatic carbocycles. The van der Waals surface area contributed by atoms with Gasteiger partial charge in [0.15, 0.2) is 0 Å². The van der Waals surface area contributed by atoms with Crippen molar-refractivity contribution in [3.63, 3.8) is 0 Å². The lowest BCUT2D eigenvalue weighted by Crippen LogP contribution is -2.40. The number of rotatable bonds is 4. The molecule has 7 heteroatoms. The van der Waals surface area contributed by atoms with Gasteiger partial charge in [-0.1, -0.05) is 0 Å². The normalized spacial score (nSPS) is 18.6. The van der Waals surface area contributed by atoms with E-state index in [9.17, 15) is 13.5 Å². The molecule has 1 fully saturated rings. The van der Waals surface area contributed by atoms with E-state index in [0.29, 0.717) is 43.0 Å². The maximum absolute atomic E-state index is 12.7. The number of furan rings is 1. The topological polar surface area (TPSA) is 80.0 Å². The number of aliphatic hydroxyl groups is 1. The Morgan fingerprint density at radius 3 is 2.40 bits per heavy atom. The van der Waals surface area contributed by atoms with Crippen LogP contribution in [-0.2, 0) is 21.4 Å². The molecule has 1 saturated heterocycles. The number of aliphatic hydroxyl groups excluding tert-OH is 1. The zero-order valence-electron chi connectivity index (χ0n) is 12.0. The van der Waals surface area contributed by atoms with Crippen LogP contribution in [0.5, 0.6) is 0 Å². The van der Waals surface area contributed by atoms with Crippen molar-refractivity contribution in [2.24, 2.45) is 0 Å². The van der Waals surface area contributed by atoms with Gasteiger partial charge in [0, 0.05) is 25.8 Å². The Kier molecular flexibility index (Phi) is 4.53. The van der Waals surface area contributed by atoms with Gasteiger partial charge in [-0.05, 0) is 26.7 Å². The smallest absolute Gasteiger partial charge is 0.246 e. The van der Waals surface area contributed by atoms with Crippen molar-refractivity contribution in [3.8, 4) is 0 Å². The van der Waals surface area contributed by atoms with Gasteiger partial charge in [-0.2, -0.15) is 4.31 Å². The SMILES string of the molecule is COC1CCN(S(=O)(=O)c2c(C)oc(C)c2CO)CC1. The summed E-state index contributed by atoms with van der Waals surface area (Å²) in [7, 11) is -1.98. The highest BCUT2D eigenvalue weighted by molar-refractivity contribution is 7.89. The first-order valence-electron chi connectivity index (χ1n) is 6.64. The molecule has 0 bridgehead atoms. The van der Waals surface area contributed by atoms with Gasteiger partial charge in [-0.3, -0.25) is 0 Å². The first-order chi connectivity index (χ1) is 9.41. The van der Waals surface area contributed by atoms with E-state index >= 15 is 0 Å². The fourth-order valence-corrected chi connectivity index (χ4v) is 4.54. The van der Waals surface area contributed by atoms with Crippen LogP contribution in [0.2, 0.25) is 0 Å². The summed E-state index contributed by atoms with van der Waals surface area (Å²) in [4.78, 5) is 0.119. The molecule has 0 amide bonds.